The first kappa shape index (κ1) is 10.8. The highest BCUT2D eigenvalue weighted by Crippen LogP contribution is 2.31. The zero-order valence-electron chi connectivity index (χ0n) is 7.73. The number of aromatic nitrogens is 2. The topological polar surface area (TPSA) is 45.8 Å². The van der Waals surface area contributed by atoms with Crippen LogP contribution in [-0.4, -0.2) is 9.97 Å². The van der Waals surface area contributed by atoms with E-state index in [1.165, 1.54) is 28.0 Å². The van der Waals surface area contributed by atoms with Crippen LogP contribution in [0.2, 0.25) is 0 Å². The molecule has 0 aromatic carbocycles. The van der Waals surface area contributed by atoms with E-state index in [4.69, 9.17) is 12.2 Å². The van der Waals surface area contributed by atoms with Gasteiger partial charge in [-0.3, -0.25) is 4.98 Å². The predicted molar refractivity (Wildman–Crippen MR) is 65.9 cm³/mol. The van der Waals surface area contributed by atoms with Crippen LogP contribution in [0.4, 0.5) is 0 Å². The maximum atomic E-state index is 11.1. The van der Waals surface area contributed by atoms with E-state index in [2.05, 4.69) is 16.0 Å². The van der Waals surface area contributed by atoms with Gasteiger partial charge in [0.15, 0.2) is 8.29 Å². The summed E-state index contributed by atoms with van der Waals surface area (Å²) in [5.74, 6) is 0. The molecule has 1 N–H and O–H groups in total. The van der Waals surface area contributed by atoms with Crippen LogP contribution in [0.3, 0.4) is 0 Å². The van der Waals surface area contributed by atoms with Crippen molar-refractivity contribution in [2.45, 2.75) is 17.2 Å². The highest BCUT2D eigenvalue weighted by molar-refractivity contribution is 8.04. The minimum absolute atomic E-state index is 0.367. The first-order valence-electron chi connectivity index (χ1n) is 4.39. The van der Waals surface area contributed by atoms with Gasteiger partial charge in [0.05, 0.1) is 0 Å². The van der Waals surface area contributed by atoms with E-state index < -0.39 is 0 Å². The molecule has 0 unspecified atom stereocenters. The lowest BCUT2D eigenvalue weighted by Crippen LogP contribution is -2.08. The quantitative estimate of drug-likeness (QED) is 0.826. The summed E-state index contributed by atoms with van der Waals surface area (Å²) in [5.41, 5.74) is -0.367. The molecule has 1 aromatic heterocycles. The number of H-pyrrole nitrogens is 1. The number of aromatic amines is 1. The molecule has 0 atom stereocenters. The van der Waals surface area contributed by atoms with Crippen LogP contribution in [0.25, 0.3) is 0 Å². The predicted octanol–water partition coefficient (Wildman–Crippen LogP) is 2.89. The summed E-state index contributed by atoms with van der Waals surface area (Å²) >= 11 is 7.79. The maximum absolute atomic E-state index is 11.1. The van der Waals surface area contributed by atoms with E-state index in [-0.39, 0.29) is 5.69 Å². The molecule has 6 heteroatoms. The Balaban J connectivity index is 2.24. The number of hydrogen-bond acceptors (Lipinski definition) is 5. The van der Waals surface area contributed by atoms with Gasteiger partial charge in [0, 0.05) is 0 Å². The summed E-state index contributed by atoms with van der Waals surface area (Å²) in [5, 5.41) is 0. The fraction of sp³-hybridized carbons (Fsp3) is 0.222. The summed E-state index contributed by atoms with van der Waals surface area (Å²) in [7, 11) is 0. The number of nitrogens with one attached hydrogen (secondary N) is 1. The van der Waals surface area contributed by atoms with Crippen molar-refractivity contribution >= 4 is 35.3 Å². The van der Waals surface area contributed by atoms with E-state index >= 15 is 0 Å². The molecule has 2 rings (SSSR count). The van der Waals surface area contributed by atoms with Gasteiger partial charge in [0.25, 0.3) is 0 Å². The molecule has 1 aromatic rings. The summed E-state index contributed by atoms with van der Waals surface area (Å²) < 4.78 is 1.19. The zero-order chi connectivity index (χ0) is 10.7. The highest BCUT2D eigenvalue weighted by atomic mass is 32.2. The Morgan fingerprint density at radius 2 is 2.47 bits per heavy atom. The van der Waals surface area contributed by atoms with Gasteiger partial charge in [-0.15, -0.1) is 0 Å². The largest absolute Gasteiger partial charge is 0.348 e. The monoisotopic (exact) mass is 256 g/mol. The number of thioether (sulfide) groups is 1. The van der Waals surface area contributed by atoms with Crippen LogP contribution >= 0.6 is 35.3 Å². The number of nitrogens with zero attached hydrogens (tertiary/aromatic N) is 1. The Morgan fingerprint density at radius 3 is 3.13 bits per heavy atom. The molecular formula is C9H8N2OS3. The van der Waals surface area contributed by atoms with Gasteiger partial charge in [0.2, 0.25) is 0 Å². The van der Waals surface area contributed by atoms with Crippen molar-refractivity contribution in [1.29, 1.82) is 0 Å². The normalized spacial score (nSPS) is 15.1. The summed E-state index contributed by atoms with van der Waals surface area (Å²) in [6, 6.07) is 0. The Labute approximate surface area is 100.0 Å². The second-order valence-corrected chi connectivity index (χ2v) is 5.94. The Bertz CT molecular complexity index is 498. The highest BCUT2D eigenvalue weighted by Gasteiger charge is 2.05. The molecule has 1 heterocycles. The second kappa shape index (κ2) is 4.87. The minimum atomic E-state index is -0.367. The standard InChI is InChI=1S/C9H8N2OS3/c12-7-10-8(13)15-9(11-7)14-6-4-2-1-3-5-6/h1-2,4H,3,5H2,(H,10,12,13). The van der Waals surface area contributed by atoms with E-state index in [9.17, 15) is 4.79 Å². The van der Waals surface area contributed by atoms with Crippen molar-refractivity contribution in [3.05, 3.63) is 37.6 Å². The molecule has 0 saturated carbocycles. The van der Waals surface area contributed by atoms with Crippen molar-refractivity contribution in [2.75, 3.05) is 0 Å². The molecule has 1 aliphatic rings. The third-order valence-corrected chi connectivity index (χ3v) is 4.05. The maximum Gasteiger partial charge on any atom is 0.348 e. The molecule has 0 saturated heterocycles. The van der Waals surface area contributed by atoms with Crippen molar-refractivity contribution in [3.8, 4) is 0 Å². The molecule has 0 aliphatic heterocycles. The molecule has 3 nitrogen and oxygen atoms in total. The Morgan fingerprint density at radius 1 is 1.60 bits per heavy atom. The lowest BCUT2D eigenvalue weighted by atomic mass is 10.2. The first-order chi connectivity index (χ1) is 7.24. The molecule has 0 bridgehead atoms. The van der Waals surface area contributed by atoms with E-state index in [1.807, 2.05) is 12.2 Å². The third-order valence-electron chi connectivity index (χ3n) is 1.78. The zero-order valence-corrected chi connectivity index (χ0v) is 10.2. The first-order valence-corrected chi connectivity index (χ1v) is 6.43. The lowest BCUT2D eigenvalue weighted by Gasteiger charge is -2.05. The Hall–Kier alpha value is -0.720. The number of allylic oxidation sites excluding steroid dienone is 4. The Kier molecular flexibility index (Phi) is 3.50. The molecule has 1 aliphatic carbocycles. The summed E-state index contributed by atoms with van der Waals surface area (Å²) in [6.45, 7) is 0. The lowest BCUT2D eigenvalue weighted by molar-refractivity contribution is 1.01. The van der Waals surface area contributed by atoms with E-state index in [0.717, 1.165) is 12.8 Å². The van der Waals surface area contributed by atoms with Gasteiger partial charge in [-0.1, -0.05) is 41.3 Å². The number of hydrogen-bond donors (Lipinski definition) is 1. The van der Waals surface area contributed by atoms with Gasteiger partial charge in [0.1, 0.15) is 0 Å². The van der Waals surface area contributed by atoms with Crippen LogP contribution in [0.15, 0.2) is 32.3 Å². The van der Waals surface area contributed by atoms with Gasteiger partial charge in [-0.2, -0.15) is 4.98 Å². The van der Waals surface area contributed by atoms with Gasteiger partial charge >= 0.3 is 5.69 Å². The second-order valence-electron chi connectivity index (χ2n) is 2.90. The van der Waals surface area contributed by atoms with Gasteiger partial charge in [-0.25, -0.2) is 4.79 Å². The fourth-order valence-corrected chi connectivity index (χ4v) is 3.51. The van der Waals surface area contributed by atoms with Gasteiger partial charge in [-0.05, 0) is 30.0 Å². The molecule has 0 spiro atoms. The molecular weight excluding hydrogens is 248 g/mol. The van der Waals surface area contributed by atoms with E-state index in [1.54, 1.807) is 0 Å². The van der Waals surface area contributed by atoms with Crippen LogP contribution in [-0.2, 0) is 0 Å². The summed E-state index contributed by atoms with van der Waals surface area (Å²) in [4.78, 5) is 18.6. The van der Waals surface area contributed by atoms with Crippen LogP contribution in [0.1, 0.15) is 12.8 Å². The SMILES string of the molecule is O=c1nc(SC2=CC=CCC2)sc(=S)[nH]1. The number of rotatable bonds is 2. The third kappa shape index (κ3) is 3.12. The van der Waals surface area contributed by atoms with Gasteiger partial charge < -0.3 is 0 Å². The average Bonchev–Trinajstić information content (AvgIpc) is 2.17. The molecule has 78 valence electrons. The average molecular weight is 256 g/mol. The van der Waals surface area contributed by atoms with Crippen molar-refractivity contribution < 1.29 is 0 Å². The molecule has 15 heavy (non-hydrogen) atoms. The van der Waals surface area contributed by atoms with Crippen molar-refractivity contribution in [1.82, 2.24) is 9.97 Å². The summed E-state index contributed by atoms with van der Waals surface area (Å²) in [6.07, 6.45) is 8.25. The van der Waals surface area contributed by atoms with Crippen molar-refractivity contribution in [2.24, 2.45) is 0 Å². The molecule has 0 amide bonds. The molecule has 0 radical (unpaired) electrons. The van der Waals surface area contributed by atoms with Crippen LogP contribution < -0.4 is 5.69 Å². The fourth-order valence-electron chi connectivity index (χ4n) is 1.15. The minimum Gasteiger partial charge on any atom is -0.288 e. The van der Waals surface area contributed by atoms with Crippen LogP contribution in [0.5, 0.6) is 0 Å². The van der Waals surface area contributed by atoms with Crippen LogP contribution in [0, 0.1) is 3.95 Å². The smallest absolute Gasteiger partial charge is 0.288 e. The van der Waals surface area contributed by atoms with E-state index in [0.29, 0.717) is 8.29 Å². The molecule has 0 fully saturated rings. The van der Waals surface area contributed by atoms with Crippen molar-refractivity contribution in [3.63, 3.8) is 0 Å².